The van der Waals surface area contributed by atoms with Gasteiger partial charge in [-0.15, -0.1) is 0 Å². The zero-order chi connectivity index (χ0) is 20.5. The third-order valence-electron chi connectivity index (χ3n) is 5.63. The summed E-state index contributed by atoms with van der Waals surface area (Å²) in [6.07, 6.45) is 0. The molecule has 0 heterocycles. The van der Waals surface area contributed by atoms with Crippen molar-refractivity contribution in [1.29, 1.82) is 0 Å². The summed E-state index contributed by atoms with van der Waals surface area (Å²) < 4.78 is 11.1. The lowest BCUT2D eigenvalue weighted by Gasteiger charge is -2.11. The van der Waals surface area contributed by atoms with Crippen molar-refractivity contribution in [2.24, 2.45) is 0 Å². The molecule has 0 saturated carbocycles. The molecule has 5 aromatic carbocycles. The van der Waals surface area contributed by atoms with E-state index in [9.17, 15) is 0 Å². The molecular formula is C28H22O2. The van der Waals surface area contributed by atoms with E-state index < -0.39 is 0 Å². The zero-order valence-corrected chi connectivity index (χ0v) is 17.1. The summed E-state index contributed by atoms with van der Waals surface area (Å²) in [4.78, 5) is 0. The van der Waals surface area contributed by atoms with Gasteiger partial charge in [0, 0.05) is 11.1 Å². The molecule has 2 nitrogen and oxygen atoms in total. The molecule has 0 atom stereocenters. The van der Waals surface area contributed by atoms with E-state index in [1.54, 1.807) is 14.2 Å². The smallest absolute Gasteiger partial charge is 0.126 e. The maximum Gasteiger partial charge on any atom is 0.126 e. The largest absolute Gasteiger partial charge is 0.496 e. The van der Waals surface area contributed by atoms with Gasteiger partial charge in [-0.25, -0.2) is 0 Å². The van der Waals surface area contributed by atoms with Gasteiger partial charge in [-0.1, -0.05) is 60.7 Å². The Morgan fingerprint density at radius 1 is 0.433 bits per heavy atom. The average Bonchev–Trinajstić information content (AvgIpc) is 2.82. The Hall–Kier alpha value is -3.78. The lowest BCUT2D eigenvalue weighted by atomic mass is 9.96. The number of hydrogen-bond acceptors (Lipinski definition) is 2. The lowest BCUT2D eigenvalue weighted by Crippen LogP contribution is -1.88. The van der Waals surface area contributed by atoms with Crippen molar-refractivity contribution in [2.75, 3.05) is 14.2 Å². The molecule has 5 aromatic rings. The van der Waals surface area contributed by atoms with Gasteiger partial charge in [0.05, 0.1) is 14.2 Å². The fourth-order valence-corrected chi connectivity index (χ4v) is 4.10. The summed E-state index contributed by atoms with van der Waals surface area (Å²) in [5, 5.41) is 4.88. The molecule has 0 fully saturated rings. The highest BCUT2D eigenvalue weighted by Crippen LogP contribution is 2.35. The van der Waals surface area contributed by atoms with E-state index >= 15 is 0 Å². The maximum absolute atomic E-state index is 5.55. The van der Waals surface area contributed by atoms with E-state index in [1.807, 2.05) is 36.4 Å². The Morgan fingerprint density at radius 3 is 1.30 bits per heavy atom. The number of fused-ring (bicyclic) bond motifs is 2. The highest BCUT2D eigenvalue weighted by molar-refractivity contribution is 6.01. The van der Waals surface area contributed by atoms with Gasteiger partial charge in [-0.3, -0.25) is 0 Å². The van der Waals surface area contributed by atoms with Crippen molar-refractivity contribution in [1.82, 2.24) is 0 Å². The van der Waals surface area contributed by atoms with Crippen molar-refractivity contribution in [3.05, 3.63) is 97.1 Å². The Morgan fingerprint density at radius 2 is 0.867 bits per heavy atom. The topological polar surface area (TPSA) is 18.5 Å². The van der Waals surface area contributed by atoms with E-state index in [2.05, 4.69) is 60.7 Å². The van der Waals surface area contributed by atoms with E-state index in [4.69, 9.17) is 9.47 Å². The fourth-order valence-electron chi connectivity index (χ4n) is 4.10. The molecule has 0 aliphatic carbocycles. The molecule has 0 amide bonds. The zero-order valence-electron chi connectivity index (χ0n) is 17.1. The van der Waals surface area contributed by atoms with Gasteiger partial charge in [0.1, 0.15) is 11.5 Å². The summed E-state index contributed by atoms with van der Waals surface area (Å²) in [6.45, 7) is 0. The third-order valence-corrected chi connectivity index (χ3v) is 5.63. The van der Waals surface area contributed by atoms with Crippen LogP contribution in [0.5, 0.6) is 11.5 Å². The van der Waals surface area contributed by atoms with Crippen LogP contribution < -0.4 is 9.47 Å². The average molecular weight is 390 g/mol. The van der Waals surface area contributed by atoms with Crippen molar-refractivity contribution in [3.63, 3.8) is 0 Å². The minimum Gasteiger partial charge on any atom is -0.496 e. The summed E-state index contributed by atoms with van der Waals surface area (Å²) in [6, 6.07) is 34.0. The second-order valence-corrected chi connectivity index (χ2v) is 7.38. The highest BCUT2D eigenvalue weighted by Gasteiger charge is 2.09. The van der Waals surface area contributed by atoms with Crippen LogP contribution in [0, 0.1) is 0 Å². The van der Waals surface area contributed by atoms with Gasteiger partial charge in [0.2, 0.25) is 0 Å². The summed E-state index contributed by atoms with van der Waals surface area (Å²) in [7, 11) is 3.43. The molecular weight excluding hydrogens is 368 g/mol. The minimum atomic E-state index is 0.888. The van der Waals surface area contributed by atoms with Crippen LogP contribution in [-0.2, 0) is 0 Å². The van der Waals surface area contributed by atoms with Gasteiger partial charge in [-0.05, 0) is 69.1 Å². The SMILES string of the molecule is COc1ccccc1-c1ccc2cc3cc(-c4ccccc4OC)ccc3cc2c1. The van der Waals surface area contributed by atoms with Crippen molar-refractivity contribution >= 4 is 21.5 Å². The molecule has 0 spiro atoms. The highest BCUT2D eigenvalue weighted by atomic mass is 16.5. The Kier molecular flexibility index (Phi) is 4.61. The maximum atomic E-state index is 5.55. The molecule has 0 aliphatic heterocycles. The van der Waals surface area contributed by atoms with E-state index in [1.165, 1.54) is 21.5 Å². The molecule has 0 aromatic heterocycles. The number of para-hydroxylation sites is 2. The van der Waals surface area contributed by atoms with Crippen LogP contribution in [0.1, 0.15) is 0 Å². The minimum absolute atomic E-state index is 0.888. The first-order valence-corrected chi connectivity index (χ1v) is 10.0. The number of ether oxygens (including phenoxy) is 2. The lowest BCUT2D eigenvalue weighted by molar-refractivity contribution is 0.416. The number of benzene rings is 5. The number of hydrogen-bond donors (Lipinski definition) is 0. The predicted octanol–water partition coefficient (Wildman–Crippen LogP) is 7.34. The molecule has 0 aliphatic rings. The predicted molar refractivity (Wildman–Crippen MR) is 125 cm³/mol. The molecule has 0 bridgehead atoms. The molecule has 0 N–H and O–H groups in total. The second-order valence-electron chi connectivity index (χ2n) is 7.38. The number of methoxy groups -OCH3 is 2. The molecule has 5 rings (SSSR count). The Labute approximate surface area is 176 Å². The monoisotopic (exact) mass is 390 g/mol. The van der Waals surface area contributed by atoms with Crippen LogP contribution in [0.25, 0.3) is 43.8 Å². The van der Waals surface area contributed by atoms with Gasteiger partial charge >= 0.3 is 0 Å². The van der Waals surface area contributed by atoms with Crippen molar-refractivity contribution < 1.29 is 9.47 Å². The normalized spacial score (nSPS) is 11.0. The van der Waals surface area contributed by atoms with Crippen LogP contribution in [-0.4, -0.2) is 14.2 Å². The molecule has 0 saturated heterocycles. The van der Waals surface area contributed by atoms with Crippen LogP contribution >= 0.6 is 0 Å². The first-order chi connectivity index (χ1) is 14.8. The Bertz CT molecular complexity index is 1260. The summed E-state index contributed by atoms with van der Waals surface area (Å²) in [5.41, 5.74) is 4.52. The van der Waals surface area contributed by atoms with E-state index in [-0.39, 0.29) is 0 Å². The summed E-state index contributed by atoms with van der Waals surface area (Å²) >= 11 is 0. The van der Waals surface area contributed by atoms with Gasteiger partial charge in [0.25, 0.3) is 0 Å². The first kappa shape index (κ1) is 18.3. The summed E-state index contributed by atoms with van der Waals surface area (Å²) in [5.74, 6) is 1.78. The Balaban J connectivity index is 1.63. The van der Waals surface area contributed by atoms with Crippen molar-refractivity contribution in [3.8, 4) is 33.8 Å². The van der Waals surface area contributed by atoms with Crippen LogP contribution in [0.4, 0.5) is 0 Å². The van der Waals surface area contributed by atoms with E-state index in [0.29, 0.717) is 0 Å². The third kappa shape index (κ3) is 3.17. The molecule has 30 heavy (non-hydrogen) atoms. The molecule has 146 valence electrons. The fraction of sp³-hybridized carbons (Fsp3) is 0.0714. The van der Waals surface area contributed by atoms with E-state index in [0.717, 1.165) is 33.8 Å². The first-order valence-electron chi connectivity index (χ1n) is 10.0. The van der Waals surface area contributed by atoms with Crippen LogP contribution in [0.2, 0.25) is 0 Å². The standard InChI is InChI=1S/C28H22O2/c1-29-27-9-5-3-7-25(27)21-13-11-19-16-24-18-22(14-12-20(24)15-23(19)17-21)26-8-4-6-10-28(26)30-2/h3-18H,1-2H3. The van der Waals surface area contributed by atoms with Gasteiger partial charge < -0.3 is 9.47 Å². The molecule has 0 unspecified atom stereocenters. The second kappa shape index (κ2) is 7.57. The van der Waals surface area contributed by atoms with Crippen molar-refractivity contribution in [2.45, 2.75) is 0 Å². The van der Waals surface area contributed by atoms with Gasteiger partial charge in [-0.2, -0.15) is 0 Å². The molecule has 2 heteroatoms. The van der Waals surface area contributed by atoms with Gasteiger partial charge in [0.15, 0.2) is 0 Å². The number of rotatable bonds is 4. The van der Waals surface area contributed by atoms with Crippen LogP contribution in [0.15, 0.2) is 97.1 Å². The van der Waals surface area contributed by atoms with Crippen LogP contribution in [0.3, 0.4) is 0 Å². The quantitative estimate of drug-likeness (QED) is 0.299. The molecule has 0 radical (unpaired) electrons.